The van der Waals surface area contributed by atoms with Crippen LogP contribution in [0.15, 0.2) is 6.07 Å². The lowest BCUT2D eigenvalue weighted by atomic mass is 9.94. The van der Waals surface area contributed by atoms with Crippen LogP contribution in [0.3, 0.4) is 0 Å². The Morgan fingerprint density at radius 1 is 1.62 bits per heavy atom. The Balaban J connectivity index is 2.03. The summed E-state index contributed by atoms with van der Waals surface area (Å²) >= 11 is 1.45. The Kier molecular flexibility index (Phi) is 5.40. The van der Waals surface area contributed by atoms with Gasteiger partial charge in [0.1, 0.15) is 0 Å². The first-order valence-corrected chi connectivity index (χ1v) is 8.11. The summed E-state index contributed by atoms with van der Waals surface area (Å²) in [6.07, 6.45) is 1.01. The van der Waals surface area contributed by atoms with Crippen molar-refractivity contribution in [2.24, 2.45) is 11.7 Å². The van der Waals surface area contributed by atoms with Crippen LogP contribution in [0.25, 0.3) is 0 Å². The van der Waals surface area contributed by atoms with E-state index in [0.717, 1.165) is 34.8 Å². The van der Waals surface area contributed by atoms with Gasteiger partial charge in [0.05, 0.1) is 16.3 Å². The molecule has 1 amide bonds. The van der Waals surface area contributed by atoms with Crippen LogP contribution in [-0.4, -0.2) is 43.5 Å². The minimum Gasteiger partial charge on any atom is -0.348 e. The summed E-state index contributed by atoms with van der Waals surface area (Å²) in [5.74, 6) is 6.36. The highest BCUT2D eigenvalue weighted by Gasteiger charge is 2.26. The van der Waals surface area contributed by atoms with Gasteiger partial charge in [-0.3, -0.25) is 4.79 Å². The summed E-state index contributed by atoms with van der Waals surface area (Å²) in [7, 11) is 2.12. The number of thiophene rings is 1. The van der Waals surface area contributed by atoms with Crippen molar-refractivity contribution in [3.05, 3.63) is 21.4 Å². The second-order valence-electron chi connectivity index (χ2n) is 5.74. The van der Waals surface area contributed by atoms with E-state index in [9.17, 15) is 4.79 Å². The number of piperidine rings is 1. The van der Waals surface area contributed by atoms with Gasteiger partial charge < -0.3 is 16.0 Å². The van der Waals surface area contributed by atoms with Crippen LogP contribution in [0.4, 0.5) is 0 Å². The van der Waals surface area contributed by atoms with Crippen LogP contribution in [0.2, 0.25) is 0 Å². The Morgan fingerprint density at radius 2 is 2.38 bits per heavy atom. The highest BCUT2D eigenvalue weighted by Crippen LogP contribution is 2.22. The molecule has 0 bridgehead atoms. The molecule has 0 aromatic carbocycles. The zero-order valence-electron chi connectivity index (χ0n) is 12.9. The number of nitrogens with two attached hydrogens (primary N) is 1. The maximum Gasteiger partial charge on any atom is 0.261 e. The molecule has 21 heavy (non-hydrogen) atoms. The normalized spacial score (nSPS) is 22.5. The molecule has 1 saturated heterocycles. The first-order chi connectivity index (χ1) is 10.0. The quantitative estimate of drug-likeness (QED) is 0.813. The molecular weight excluding hydrogens is 282 g/mol. The number of carbonyl (C=O) groups is 1. The minimum atomic E-state index is 0.0188. The van der Waals surface area contributed by atoms with E-state index in [1.165, 1.54) is 11.3 Å². The first kappa shape index (κ1) is 16.0. The summed E-state index contributed by atoms with van der Waals surface area (Å²) in [4.78, 5) is 16.4. The average molecular weight is 305 g/mol. The predicted molar refractivity (Wildman–Crippen MR) is 87.5 cm³/mol. The summed E-state index contributed by atoms with van der Waals surface area (Å²) in [5, 5.41) is 3.17. The highest BCUT2D eigenvalue weighted by atomic mass is 32.1. The molecule has 2 unspecified atom stereocenters. The molecule has 114 valence electrons. The van der Waals surface area contributed by atoms with Crippen molar-refractivity contribution in [2.45, 2.75) is 26.3 Å². The zero-order chi connectivity index (χ0) is 15.4. The number of amides is 1. The van der Waals surface area contributed by atoms with E-state index in [-0.39, 0.29) is 11.9 Å². The Bertz CT molecular complexity index is 570. The molecule has 5 heteroatoms. The van der Waals surface area contributed by atoms with Crippen molar-refractivity contribution in [1.29, 1.82) is 0 Å². The molecule has 1 fully saturated rings. The smallest absolute Gasteiger partial charge is 0.261 e. The molecule has 0 spiro atoms. The van der Waals surface area contributed by atoms with Gasteiger partial charge in [-0.05, 0) is 44.5 Å². The molecule has 2 atom stereocenters. The molecule has 4 nitrogen and oxygen atoms in total. The number of carbonyl (C=O) groups excluding carboxylic acids is 1. The van der Waals surface area contributed by atoms with Crippen LogP contribution in [0.1, 0.15) is 33.5 Å². The Labute approximate surface area is 130 Å². The third kappa shape index (κ3) is 4.07. The van der Waals surface area contributed by atoms with Crippen molar-refractivity contribution in [3.8, 4) is 11.8 Å². The summed E-state index contributed by atoms with van der Waals surface area (Å²) in [6.45, 7) is 6.57. The summed E-state index contributed by atoms with van der Waals surface area (Å²) in [6, 6.07) is 2.18. The van der Waals surface area contributed by atoms with E-state index in [4.69, 9.17) is 5.73 Å². The largest absolute Gasteiger partial charge is 0.348 e. The zero-order valence-corrected chi connectivity index (χ0v) is 13.7. The van der Waals surface area contributed by atoms with Gasteiger partial charge in [-0.25, -0.2) is 0 Å². The number of nitrogens with zero attached hydrogens (tertiary/aromatic N) is 1. The lowest BCUT2D eigenvalue weighted by molar-refractivity contribution is 0.0888. The van der Waals surface area contributed by atoms with E-state index >= 15 is 0 Å². The van der Waals surface area contributed by atoms with E-state index in [1.807, 2.05) is 13.0 Å². The van der Waals surface area contributed by atoms with Gasteiger partial charge in [0.25, 0.3) is 5.91 Å². The summed E-state index contributed by atoms with van der Waals surface area (Å²) in [5.41, 5.74) is 6.43. The molecule has 3 N–H and O–H groups in total. The fraction of sp³-hybridized carbons (Fsp3) is 0.562. The molecule has 1 aromatic rings. The van der Waals surface area contributed by atoms with Crippen LogP contribution < -0.4 is 11.1 Å². The van der Waals surface area contributed by atoms with Crippen LogP contribution in [-0.2, 0) is 0 Å². The molecule has 0 aliphatic carbocycles. The van der Waals surface area contributed by atoms with Crippen molar-refractivity contribution in [3.63, 3.8) is 0 Å². The number of aryl methyl sites for hydroxylation is 1. The summed E-state index contributed by atoms with van der Waals surface area (Å²) < 4.78 is 0. The van der Waals surface area contributed by atoms with Crippen LogP contribution in [0, 0.1) is 24.7 Å². The van der Waals surface area contributed by atoms with Crippen LogP contribution in [0.5, 0.6) is 0 Å². The average Bonchev–Trinajstić information content (AvgIpc) is 2.81. The lowest BCUT2D eigenvalue weighted by Crippen LogP contribution is -2.48. The van der Waals surface area contributed by atoms with Crippen molar-refractivity contribution < 1.29 is 4.79 Å². The lowest BCUT2D eigenvalue weighted by Gasteiger charge is -2.35. The van der Waals surface area contributed by atoms with Gasteiger partial charge in [-0.1, -0.05) is 18.8 Å². The predicted octanol–water partition coefficient (Wildman–Crippen LogP) is 1.44. The van der Waals surface area contributed by atoms with E-state index in [2.05, 4.69) is 36.0 Å². The van der Waals surface area contributed by atoms with Gasteiger partial charge in [-0.2, -0.15) is 0 Å². The number of rotatable bonds is 2. The standard InChI is InChI=1S/C16H23N3OS/c1-11-9-15(21-14(11)5-4-7-17)16(20)18-13-6-8-19(3)10-12(13)2/h9,12-13H,6-8,10,17H2,1-3H3,(H,18,20). The van der Waals surface area contributed by atoms with Crippen molar-refractivity contribution >= 4 is 17.2 Å². The second-order valence-corrected chi connectivity index (χ2v) is 6.79. The number of nitrogens with one attached hydrogen (secondary N) is 1. The molecule has 2 heterocycles. The van der Waals surface area contributed by atoms with E-state index in [1.54, 1.807) is 0 Å². The minimum absolute atomic E-state index is 0.0188. The third-order valence-corrected chi connectivity index (χ3v) is 5.02. The first-order valence-electron chi connectivity index (χ1n) is 7.30. The Morgan fingerprint density at radius 3 is 3.05 bits per heavy atom. The molecule has 1 aromatic heterocycles. The molecule has 0 saturated carbocycles. The maximum atomic E-state index is 12.4. The third-order valence-electron chi connectivity index (χ3n) is 3.87. The van der Waals surface area contributed by atoms with Crippen molar-refractivity contribution in [1.82, 2.24) is 10.2 Å². The van der Waals surface area contributed by atoms with E-state index in [0.29, 0.717) is 12.5 Å². The monoisotopic (exact) mass is 305 g/mol. The van der Waals surface area contributed by atoms with Gasteiger partial charge in [0.2, 0.25) is 0 Å². The maximum absolute atomic E-state index is 12.4. The fourth-order valence-corrected chi connectivity index (χ4v) is 3.61. The number of hydrogen-bond donors (Lipinski definition) is 2. The molecular formula is C16H23N3OS. The molecule has 1 aliphatic heterocycles. The highest BCUT2D eigenvalue weighted by molar-refractivity contribution is 7.14. The molecule has 0 radical (unpaired) electrons. The van der Waals surface area contributed by atoms with Crippen LogP contribution >= 0.6 is 11.3 Å². The topological polar surface area (TPSA) is 58.4 Å². The number of likely N-dealkylation sites (tertiary alicyclic amines) is 1. The van der Waals surface area contributed by atoms with Gasteiger partial charge in [0, 0.05) is 12.6 Å². The SMILES string of the molecule is Cc1cc(C(=O)NC2CCN(C)CC2C)sc1C#CCN. The molecule has 2 rings (SSSR count). The van der Waals surface area contributed by atoms with E-state index < -0.39 is 0 Å². The van der Waals surface area contributed by atoms with Gasteiger partial charge in [0.15, 0.2) is 0 Å². The second kappa shape index (κ2) is 7.08. The van der Waals surface area contributed by atoms with Crippen molar-refractivity contribution in [2.75, 3.05) is 26.7 Å². The Hall–Kier alpha value is -1.35. The molecule has 1 aliphatic rings. The number of hydrogen-bond acceptors (Lipinski definition) is 4. The fourth-order valence-electron chi connectivity index (χ4n) is 2.66. The van der Waals surface area contributed by atoms with Gasteiger partial charge >= 0.3 is 0 Å². The van der Waals surface area contributed by atoms with Gasteiger partial charge in [-0.15, -0.1) is 11.3 Å².